The third kappa shape index (κ3) is 5.74. The molecule has 4 aromatic carbocycles. The fourth-order valence-electron chi connectivity index (χ4n) is 3.06. The lowest BCUT2D eigenvalue weighted by atomic mass is 10.0. The Bertz CT molecular complexity index is 941. The lowest BCUT2D eigenvalue weighted by molar-refractivity contribution is 0.415. The first kappa shape index (κ1) is 21.2. The molecule has 0 unspecified atom stereocenters. The molecule has 0 aliphatic rings. The highest BCUT2D eigenvalue weighted by atomic mass is 16.5. The van der Waals surface area contributed by atoms with Gasteiger partial charge in [-0.3, -0.25) is 0 Å². The summed E-state index contributed by atoms with van der Waals surface area (Å²) in [7, 11) is 3.36. The van der Waals surface area contributed by atoms with Crippen molar-refractivity contribution in [3.8, 4) is 33.8 Å². The molecule has 0 aliphatic carbocycles. The van der Waals surface area contributed by atoms with E-state index in [-0.39, 0.29) is 0 Å². The second kappa shape index (κ2) is 10.3. The summed E-state index contributed by atoms with van der Waals surface area (Å²) < 4.78 is 10.2. The van der Waals surface area contributed by atoms with E-state index in [1.165, 1.54) is 33.4 Å². The lowest BCUT2D eigenvalue weighted by Gasteiger charge is -2.03. The van der Waals surface area contributed by atoms with Gasteiger partial charge in [-0.2, -0.15) is 0 Å². The first-order valence-electron chi connectivity index (χ1n) is 10.0. The highest BCUT2D eigenvalue weighted by molar-refractivity contribution is 5.65. The van der Waals surface area contributed by atoms with Crippen LogP contribution in [0.5, 0.6) is 11.5 Å². The predicted octanol–water partition coefficient (Wildman–Crippen LogP) is 7.34. The minimum atomic E-state index is 0.894. The van der Waals surface area contributed by atoms with Gasteiger partial charge in [-0.25, -0.2) is 0 Å². The van der Waals surface area contributed by atoms with Gasteiger partial charge in [0.05, 0.1) is 14.2 Å². The summed E-state index contributed by atoms with van der Waals surface area (Å²) >= 11 is 0. The van der Waals surface area contributed by atoms with Crippen LogP contribution < -0.4 is 9.47 Å². The van der Waals surface area contributed by atoms with E-state index in [2.05, 4.69) is 86.6 Å². The van der Waals surface area contributed by atoms with Crippen LogP contribution in [0.1, 0.15) is 11.1 Å². The van der Waals surface area contributed by atoms with E-state index < -0.39 is 0 Å². The monoisotopic (exact) mass is 396 g/mol. The van der Waals surface area contributed by atoms with Crippen molar-refractivity contribution in [1.82, 2.24) is 0 Å². The summed E-state index contributed by atoms with van der Waals surface area (Å²) in [5.41, 5.74) is 7.48. The van der Waals surface area contributed by atoms with Crippen LogP contribution in [0.15, 0.2) is 97.1 Å². The molecule has 0 saturated carbocycles. The Balaban J connectivity index is 0.000000171. The number of rotatable bonds is 4. The fourth-order valence-corrected chi connectivity index (χ4v) is 3.06. The molecule has 0 saturated heterocycles. The topological polar surface area (TPSA) is 18.5 Å². The zero-order valence-electron chi connectivity index (χ0n) is 18.1. The number of benzene rings is 4. The zero-order valence-corrected chi connectivity index (χ0v) is 18.1. The number of methoxy groups -OCH3 is 2. The normalized spacial score (nSPS) is 10.0. The van der Waals surface area contributed by atoms with Gasteiger partial charge in [-0.15, -0.1) is 0 Å². The van der Waals surface area contributed by atoms with Gasteiger partial charge >= 0.3 is 0 Å². The van der Waals surface area contributed by atoms with Gasteiger partial charge in [0, 0.05) is 0 Å². The molecule has 4 aromatic rings. The second-order valence-corrected chi connectivity index (χ2v) is 7.19. The van der Waals surface area contributed by atoms with Crippen LogP contribution in [-0.4, -0.2) is 14.2 Å². The first-order valence-corrected chi connectivity index (χ1v) is 10.0. The van der Waals surface area contributed by atoms with E-state index in [0.29, 0.717) is 0 Å². The lowest BCUT2D eigenvalue weighted by Crippen LogP contribution is -1.82. The molecule has 0 atom stereocenters. The van der Waals surface area contributed by atoms with Crippen molar-refractivity contribution in [3.05, 3.63) is 108 Å². The number of hydrogen-bond donors (Lipinski definition) is 0. The molecule has 0 N–H and O–H groups in total. The van der Waals surface area contributed by atoms with Gasteiger partial charge < -0.3 is 9.47 Å². The van der Waals surface area contributed by atoms with E-state index >= 15 is 0 Å². The standard InChI is InChI=1S/2C14H14O/c2*1-11-3-5-12(6-4-11)13-7-9-14(15-2)10-8-13/h2*3-10H,1-2H3. The van der Waals surface area contributed by atoms with Crippen molar-refractivity contribution in [2.45, 2.75) is 13.8 Å². The summed E-state index contributed by atoms with van der Waals surface area (Å²) in [6.45, 7) is 4.19. The van der Waals surface area contributed by atoms with E-state index in [9.17, 15) is 0 Å². The van der Waals surface area contributed by atoms with Gasteiger partial charge in [0.2, 0.25) is 0 Å². The van der Waals surface area contributed by atoms with Crippen molar-refractivity contribution >= 4 is 0 Å². The fraction of sp³-hybridized carbons (Fsp3) is 0.143. The van der Waals surface area contributed by atoms with Crippen molar-refractivity contribution in [3.63, 3.8) is 0 Å². The molecule has 0 radical (unpaired) electrons. The summed E-state index contributed by atoms with van der Waals surface area (Å²) in [5.74, 6) is 1.79. The Hall–Kier alpha value is -3.52. The van der Waals surface area contributed by atoms with Gasteiger partial charge in [-0.05, 0) is 60.4 Å². The molecule has 0 fully saturated rings. The zero-order chi connectivity index (χ0) is 21.3. The van der Waals surface area contributed by atoms with E-state index in [4.69, 9.17) is 9.47 Å². The Morgan fingerprint density at radius 2 is 0.600 bits per heavy atom. The minimum Gasteiger partial charge on any atom is -0.497 e. The molecule has 4 rings (SSSR count). The third-order valence-corrected chi connectivity index (χ3v) is 4.95. The Morgan fingerprint density at radius 3 is 0.833 bits per heavy atom. The Labute approximate surface area is 179 Å². The SMILES string of the molecule is COc1ccc(-c2ccc(C)cc2)cc1.COc1ccc(-c2ccc(C)cc2)cc1. The number of ether oxygens (including phenoxy) is 2. The summed E-state index contributed by atoms with van der Waals surface area (Å²) in [4.78, 5) is 0. The molecule has 0 bridgehead atoms. The van der Waals surface area contributed by atoms with Crippen LogP contribution in [0.4, 0.5) is 0 Å². The third-order valence-electron chi connectivity index (χ3n) is 4.95. The van der Waals surface area contributed by atoms with Gasteiger partial charge in [-0.1, -0.05) is 83.9 Å². The smallest absolute Gasteiger partial charge is 0.118 e. The van der Waals surface area contributed by atoms with Gasteiger partial charge in [0.1, 0.15) is 11.5 Å². The van der Waals surface area contributed by atoms with E-state index in [1.807, 2.05) is 24.3 Å². The van der Waals surface area contributed by atoms with Crippen LogP contribution in [0.25, 0.3) is 22.3 Å². The molecule has 2 heteroatoms. The van der Waals surface area contributed by atoms with E-state index in [1.54, 1.807) is 14.2 Å². The summed E-state index contributed by atoms with van der Waals surface area (Å²) in [5, 5.41) is 0. The van der Waals surface area contributed by atoms with Gasteiger partial charge in [0.25, 0.3) is 0 Å². The average molecular weight is 397 g/mol. The van der Waals surface area contributed by atoms with Crippen molar-refractivity contribution in [2.75, 3.05) is 14.2 Å². The van der Waals surface area contributed by atoms with Crippen LogP contribution in [0, 0.1) is 13.8 Å². The van der Waals surface area contributed by atoms with Crippen LogP contribution in [0.3, 0.4) is 0 Å². The summed E-state index contributed by atoms with van der Waals surface area (Å²) in [6, 6.07) is 33.3. The van der Waals surface area contributed by atoms with E-state index in [0.717, 1.165) is 11.5 Å². The highest BCUT2D eigenvalue weighted by Crippen LogP contribution is 2.23. The maximum Gasteiger partial charge on any atom is 0.118 e. The molecule has 30 heavy (non-hydrogen) atoms. The van der Waals surface area contributed by atoms with Crippen molar-refractivity contribution in [2.24, 2.45) is 0 Å². The Kier molecular flexibility index (Phi) is 7.29. The predicted molar refractivity (Wildman–Crippen MR) is 126 cm³/mol. The van der Waals surface area contributed by atoms with Crippen molar-refractivity contribution < 1.29 is 9.47 Å². The molecule has 2 nitrogen and oxygen atoms in total. The van der Waals surface area contributed by atoms with Crippen LogP contribution >= 0.6 is 0 Å². The van der Waals surface area contributed by atoms with Gasteiger partial charge in [0.15, 0.2) is 0 Å². The maximum atomic E-state index is 5.12. The number of hydrogen-bond acceptors (Lipinski definition) is 2. The molecule has 152 valence electrons. The molecule has 0 amide bonds. The first-order chi connectivity index (χ1) is 14.6. The molecular weight excluding hydrogens is 368 g/mol. The van der Waals surface area contributed by atoms with Crippen LogP contribution in [-0.2, 0) is 0 Å². The van der Waals surface area contributed by atoms with Crippen molar-refractivity contribution in [1.29, 1.82) is 0 Å². The minimum absolute atomic E-state index is 0.894. The largest absolute Gasteiger partial charge is 0.497 e. The molecular formula is C28H28O2. The average Bonchev–Trinajstić information content (AvgIpc) is 2.81. The second-order valence-electron chi connectivity index (χ2n) is 7.19. The Morgan fingerprint density at radius 1 is 0.367 bits per heavy atom. The quantitative estimate of drug-likeness (QED) is 0.359. The molecule has 0 aromatic heterocycles. The number of aryl methyl sites for hydroxylation is 2. The molecule has 0 aliphatic heterocycles. The molecule has 0 heterocycles. The molecule has 0 spiro atoms. The maximum absolute atomic E-state index is 5.12. The van der Waals surface area contributed by atoms with Crippen LogP contribution in [0.2, 0.25) is 0 Å². The summed E-state index contributed by atoms with van der Waals surface area (Å²) in [6.07, 6.45) is 0. The highest BCUT2D eigenvalue weighted by Gasteiger charge is 1.98.